The second-order valence-corrected chi connectivity index (χ2v) is 6.76. The number of carbonyl (C=O) groups is 3. The van der Waals surface area contributed by atoms with Gasteiger partial charge in [-0.05, 0) is 24.3 Å². The van der Waals surface area contributed by atoms with E-state index in [0.29, 0.717) is 22.9 Å². The third kappa shape index (κ3) is 8.13. The first-order chi connectivity index (χ1) is 13.6. The van der Waals surface area contributed by atoms with Gasteiger partial charge in [-0.2, -0.15) is 0 Å². The number of thioether (sulfide) groups is 1. The van der Waals surface area contributed by atoms with Gasteiger partial charge in [-0.3, -0.25) is 14.4 Å². The minimum atomic E-state index is -0.313. The van der Waals surface area contributed by atoms with Crippen LogP contribution in [0.5, 0.6) is 5.75 Å². The second-order valence-electron chi connectivity index (χ2n) is 5.66. The zero-order chi connectivity index (χ0) is 20.2. The van der Waals surface area contributed by atoms with Crippen molar-refractivity contribution < 1.29 is 23.9 Å². The molecule has 28 heavy (non-hydrogen) atoms. The number of esters is 1. The van der Waals surface area contributed by atoms with E-state index in [4.69, 9.17) is 4.74 Å². The summed E-state index contributed by atoms with van der Waals surface area (Å²) >= 11 is 1.34. The van der Waals surface area contributed by atoms with Gasteiger partial charge in [-0.15, -0.1) is 11.8 Å². The molecule has 0 fully saturated rings. The molecule has 0 unspecified atom stereocenters. The lowest BCUT2D eigenvalue weighted by atomic mass is 10.3. The lowest BCUT2D eigenvalue weighted by molar-refractivity contribution is -0.137. The first kappa shape index (κ1) is 21.3. The Morgan fingerprint density at radius 1 is 0.929 bits per heavy atom. The Bertz CT molecular complexity index is 798. The smallest absolute Gasteiger partial charge is 0.315 e. The number of amides is 2. The van der Waals surface area contributed by atoms with Crippen molar-refractivity contribution in [3.05, 3.63) is 54.6 Å². The van der Waals surface area contributed by atoms with Crippen LogP contribution in [0.1, 0.15) is 6.42 Å². The van der Waals surface area contributed by atoms with Gasteiger partial charge in [0.25, 0.3) is 5.91 Å². The van der Waals surface area contributed by atoms with Gasteiger partial charge < -0.3 is 20.1 Å². The molecular formula is C20H22N2O5S. The van der Waals surface area contributed by atoms with E-state index in [0.717, 1.165) is 0 Å². The highest BCUT2D eigenvalue weighted by Crippen LogP contribution is 2.18. The van der Waals surface area contributed by atoms with Crippen molar-refractivity contribution in [2.75, 3.05) is 35.9 Å². The lowest BCUT2D eigenvalue weighted by Crippen LogP contribution is -2.20. The molecule has 0 aliphatic rings. The quantitative estimate of drug-likeness (QED) is 0.469. The van der Waals surface area contributed by atoms with Crippen molar-refractivity contribution in [1.29, 1.82) is 0 Å². The Kier molecular flexibility index (Phi) is 8.87. The Hall–Kier alpha value is -3.00. The van der Waals surface area contributed by atoms with Gasteiger partial charge in [0, 0.05) is 29.6 Å². The van der Waals surface area contributed by atoms with E-state index < -0.39 is 0 Å². The van der Waals surface area contributed by atoms with Crippen LogP contribution >= 0.6 is 11.8 Å². The molecule has 0 heterocycles. The van der Waals surface area contributed by atoms with E-state index in [1.165, 1.54) is 18.9 Å². The van der Waals surface area contributed by atoms with Crippen LogP contribution in [0, 0.1) is 0 Å². The fourth-order valence-corrected chi connectivity index (χ4v) is 2.89. The number of hydrogen-bond donors (Lipinski definition) is 2. The summed E-state index contributed by atoms with van der Waals surface area (Å²) in [5.41, 5.74) is 1.27. The molecule has 0 radical (unpaired) electrons. The van der Waals surface area contributed by atoms with Gasteiger partial charge >= 0.3 is 5.97 Å². The largest absolute Gasteiger partial charge is 0.484 e. The van der Waals surface area contributed by atoms with Crippen LogP contribution in [0.15, 0.2) is 54.6 Å². The maximum Gasteiger partial charge on any atom is 0.315 e. The van der Waals surface area contributed by atoms with E-state index in [9.17, 15) is 14.4 Å². The van der Waals surface area contributed by atoms with Crippen LogP contribution in [0.3, 0.4) is 0 Å². The fourth-order valence-electron chi connectivity index (χ4n) is 2.13. The molecule has 2 aromatic carbocycles. The number of anilines is 2. The van der Waals surface area contributed by atoms with Crippen LogP contribution < -0.4 is 15.4 Å². The SMILES string of the molecule is COC(=O)CSCCC(=O)Nc1cccc(OCC(=O)Nc2ccccc2)c1. The summed E-state index contributed by atoms with van der Waals surface area (Å²) in [5, 5.41) is 5.49. The summed E-state index contributed by atoms with van der Waals surface area (Å²) in [6, 6.07) is 15.9. The third-order valence-electron chi connectivity index (χ3n) is 3.47. The molecule has 0 saturated heterocycles. The standard InChI is InChI=1S/C20H22N2O5S/c1-26-20(25)14-28-11-10-18(23)22-16-8-5-9-17(12-16)27-13-19(24)21-15-6-3-2-4-7-15/h2-9,12H,10-11,13-14H2,1H3,(H,21,24)(H,22,23). The molecule has 2 amide bonds. The predicted octanol–water partition coefficient (Wildman–Crippen LogP) is 2.94. The topological polar surface area (TPSA) is 93.7 Å². The maximum absolute atomic E-state index is 12.0. The number of carbonyl (C=O) groups excluding carboxylic acids is 3. The molecule has 7 nitrogen and oxygen atoms in total. The average Bonchev–Trinajstić information content (AvgIpc) is 2.70. The Labute approximate surface area is 167 Å². The van der Waals surface area contributed by atoms with Crippen molar-refractivity contribution in [3.8, 4) is 5.75 Å². The van der Waals surface area contributed by atoms with E-state index >= 15 is 0 Å². The molecule has 2 rings (SSSR count). The number of rotatable bonds is 10. The number of methoxy groups -OCH3 is 1. The van der Waals surface area contributed by atoms with Crippen LogP contribution in [-0.2, 0) is 19.1 Å². The summed E-state index contributed by atoms with van der Waals surface area (Å²) < 4.78 is 10.0. The molecule has 2 aromatic rings. The molecular weight excluding hydrogens is 380 g/mol. The summed E-state index contributed by atoms with van der Waals surface area (Å²) in [6.45, 7) is -0.142. The average molecular weight is 402 g/mol. The van der Waals surface area contributed by atoms with Crippen molar-refractivity contribution in [1.82, 2.24) is 0 Å². The van der Waals surface area contributed by atoms with Gasteiger partial charge in [0.1, 0.15) is 5.75 Å². The highest BCUT2D eigenvalue weighted by atomic mass is 32.2. The van der Waals surface area contributed by atoms with Crippen molar-refractivity contribution in [2.45, 2.75) is 6.42 Å². The van der Waals surface area contributed by atoms with Gasteiger partial charge in [0.2, 0.25) is 5.91 Å². The van der Waals surface area contributed by atoms with Crippen molar-refractivity contribution >= 4 is 40.9 Å². The summed E-state index contributed by atoms with van der Waals surface area (Å²) in [4.78, 5) is 34.9. The first-order valence-electron chi connectivity index (χ1n) is 8.59. The molecule has 0 spiro atoms. The Balaban J connectivity index is 1.74. The predicted molar refractivity (Wildman–Crippen MR) is 110 cm³/mol. The normalized spacial score (nSPS) is 10.0. The molecule has 2 N–H and O–H groups in total. The molecule has 0 aromatic heterocycles. The van der Waals surface area contributed by atoms with Crippen LogP contribution in [0.4, 0.5) is 11.4 Å². The highest BCUT2D eigenvalue weighted by Gasteiger charge is 2.07. The monoisotopic (exact) mass is 402 g/mol. The lowest BCUT2D eigenvalue weighted by Gasteiger charge is -2.10. The zero-order valence-corrected chi connectivity index (χ0v) is 16.3. The van der Waals surface area contributed by atoms with Crippen molar-refractivity contribution in [2.24, 2.45) is 0 Å². The molecule has 0 aliphatic carbocycles. The van der Waals surface area contributed by atoms with Crippen molar-refractivity contribution in [3.63, 3.8) is 0 Å². The summed E-state index contributed by atoms with van der Waals surface area (Å²) in [7, 11) is 1.33. The van der Waals surface area contributed by atoms with Crippen LogP contribution in [0.25, 0.3) is 0 Å². The Morgan fingerprint density at radius 2 is 1.64 bits per heavy atom. The zero-order valence-electron chi connectivity index (χ0n) is 15.5. The number of benzene rings is 2. The van der Waals surface area contributed by atoms with Crippen LogP contribution in [0.2, 0.25) is 0 Å². The second kappa shape index (κ2) is 11.7. The summed E-state index contributed by atoms with van der Waals surface area (Å²) in [5.74, 6) is 0.446. The summed E-state index contributed by atoms with van der Waals surface area (Å²) in [6.07, 6.45) is 0.270. The number of ether oxygens (including phenoxy) is 2. The van der Waals surface area contributed by atoms with Crippen LogP contribution in [-0.4, -0.2) is 43.0 Å². The van der Waals surface area contributed by atoms with E-state index in [1.807, 2.05) is 18.2 Å². The fraction of sp³-hybridized carbons (Fsp3) is 0.250. The van der Waals surface area contributed by atoms with Gasteiger partial charge in [0.15, 0.2) is 6.61 Å². The van der Waals surface area contributed by atoms with E-state index in [1.54, 1.807) is 36.4 Å². The minimum absolute atomic E-state index is 0.142. The number of para-hydroxylation sites is 1. The van der Waals surface area contributed by atoms with Gasteiger partial charge in [0.05, 0.1) is 12.9 Å². The van der Waals surface area contributed by atoms with Gasteiger partial charge in [-0.25, -0.2) is 0 Å². The number of nitrogens with one attached hydrogen (secondary N) is 2. The Morgan fingerprint density at radius 3 is 2.39 bits per heavy atom. The van der Waals surface area contributed by atoms with E-state index in [2.05, 4.69) is 15.4 Å². The molecule has 0 saturated carbocycles. The minimum Gasteiger partial charge on any atom is -0.484 e. The molecule has 0 aliphatic heterocycles. The molecule has 148 valence electrons. The van der Waals surface area contributed by atoms with E-state index in [-0.39, 0.29) is 36.6 Å². The van der Waals surface area contributed by atoms with Gasteiger partial charge in [-0.1, -0.05) is 24.3 Å². The first-order valence-corrected chi connectivity index (χ1v) is 9.74. The number of hydrogen-bond acceptors (Lipinski definition) is 6. The highest BCUT2D eigenvalue weighted by molar-refractivity contribution is 7.99. The third-order valence-corrected chi connectivity index (χ3v) is 4.40. The molecule has 0 atom stereocenters. The molecule has 0 bridgehead atoms. The maximum atomic E-state index is 12.0. The molecule has 8 heteroatoms.